The Labute approximate surface area is 88.1 Å². The molecule has 15 heavy (non-hydrogen) atoms. The van der Waals surface area contributed by atoms with E-state index in [0.29, 0.717) is 13.1 Å². The minimum absolute atomic E-state index is 0.236. The Morgan fingerprint density at radius 1 is 1.53 bits per heavy atom. The lowest BCUT2D eigenvalue weighted by Gasteiger charge is -2.15. The summed E-state index contributed by atoms with van der Waals surface area (Å²) in [4.78, 5) is 1.54. The summed E-state index contributed by atoms with van der Waals surface area (Å²) in [5, 5.41) is 3.00. The highest BCUT2D eigenvalue weighted by atomic mass is 19.3. The van der Waals surface area contributed by atoms with Gasteiger partial charge in [-0.25, -0.2) is 8.78 Å². The summed E-state index contributed by atoms with van der Waals surface area (Å²) in [6, 6.07) is 1.85. The Balaban J connectivity index is 2.51. The molecule has 3 nitrogen and oxygen atoms in total. The minimum Gasteiger partial charge on any atom is -0.468 e. The SMILES string of the molecule is CNCc1ccoc1CN(C)CC(F)F. The number of furan rings is 1. The van der Waals surface area contributed by atoms with Crippen LogP contribution >= 0.6 is 0 Å². The number of hydrogen-bond donors (Lipinski definition) is 1. The van der Waals surface area contributed by atoms with Crippen LogP contribution in [0.3, 0.4) is 0 Å². The Kier molecular flexibility index (Phi) is 4.71. The number of rotatable bonds is 6. The van der Waals surface area contributed by atoms with Crippen molar-refractivity contribution in [2.45, 2.75) is 19.5 Å². The van der Waals surface area contributed by atoms with E-state index in [1.807, 2.05) is 13.1 Å². The van der Waals surface area contributed by atoms with Crippen LogP contribution < -0.4 is 5.32 Å². The third kappa shape index (κ3) is 3.97. The van der Waals surface area contributed by atoms with Crippen LogP contribution in [0.15, 0.2) is 16.7 Å². The van der Waals surface area contributed by atoms with E-state index in [1.165, 1.54) is 0 Å². The van der Waals surface area contributed by atoms with Crippen molar-refractivity contribution in [2.24, 2.45) is 0 Å². The molecule has 0 spiro atoms. The van der Waals surface area contributed by atoms with Gasteiger partial charge in [0.25, 0.3) is 6.43 Å². The highest BCUT2D eigenvalue weighted by Crippen LogP contribution is 2.13. The van der Waals surface area contributed by atoms with Gasteiger partial charge in [-0.2, -0.15) is 0 Å². The third-order valence-corrected chi connectivity index (χ3v) is 2.07. The van der Waals surface area contributed by atoms with Crippen molar-refractivity contribution in [1.82, 2.24) is 10.2 Å². The molecule has 1 N–H and O–H groups in total. The average Bonchev–Trinajstić information content (AvgIpc) is 2.52. The Morgan fingerprint density at radius 3 is 2.87 bits per heavy atom. The quantitative estimate of drug-likeness (QED) is 0.787. The average molecular weight is 218 g/mol. The maximum Gasteiger partial charge on any atom is 0.251 e. The van der Waals surface area contributed by atoms with Crippen LogP contribution in [-0.4, -0.2) is 32.0 Å². The molecule has 0 saturated heterocycles. The molecule has 0 aliphatic carbocycles. The first-order chi connectivity index (χ1) is 7.13. The second-order valence-electron chi connectivity index (χ2n) is 3.49. The van der Waals surface area contributed by atoms with Gasteiger partial charge < -0.3 is 9.73 Å². The minimum atomic E-state index is -2.31. The lowest BCUT2D eigenvalue weighted by molar-refractivity contribution is 0.0944. The molecule has 0 bridgehead atoms. The molecular weight excluding hydrogens is 202 g/mol. The fourth-order valence-corrected chi connectivity index (χ4v) is 1.40. The van der Waals surface area contributed by atoms with Crippen molar-refractivity contribution in [2.75, 3.05) is 20.6 Å². The highest BCUT2D eigenvalue weighted by Gasteiger charge is 2.12. The summed E-state index contributed by atoms with van der Waals surface area (Å²) >= 11 is 0. The van der Waals surface area contributed by atoms with E-state index in [4.69, 9.17) is 4.42 Å². The Morgan fingerprint density at radius 2 is 2.27 bits per heavy atom. The first kappa shape index (κ1) is 12.1. The topological polar surface area (TPSA) is 28.4 Å². The molecule has 0 aromatic carbocycles. The van der Waals surface area contributed by atoms with Gasteiger partial charge in [0, 0.05) is 12.1 Å². The van der Waals surface area contributed by atoms with Gasteiger partial charge in [-0.15, -0.1) is 0 Å². The largest absolute Gasteiger partial charge is 0.468 e. The van der Waals surface area contributed by atoms with Crippen LogP contribution in [0, 0.1) is 0 Å². The zero-order valence-corrected chi connectivity index (χ0v) is 8.96. The van der Waals surface area contributed by atoms with Crippen molar-refractivity contribution in [3.8, 4) is 0 Å². The second-order valence-corrected chi connectivity index (χ2v) is 3.49. The van der Waals surface area contributed by atoms with E-state index in [0.717, 1.165) is 11.3 Å². The monoisotopic (exact) mass is 218 g/mol. The molecule has 1 heterocycles. The summed E-state index contributed by atoms with van der Waals surface area (Å²) in [7, 11) is 3.48. The molecule has 0 aliphatic rings. The van der Waals surface area contributed by atoms with Gasteiger partial charge in [0.2, 0.25) is 0 Å². The van der Waals surface area contributed by atoms with Crippen molar-refractivity contribution in [3.63, 3.8) is 0 Å². The summed E-state index contributed by atoms with van der Waals surface area (Å²) in [5.74, 6) is 0.743. The smallest absolute Gasteiger partial charge is 0.251 e. The predicted molar refractivity (Wildman–Crippen MR) is 53.8 cm³/mol. The molecular formula is C10H16F2N2O. The van der Waals surface area contributed by atoms with E-state index >= 15 is 0 Å². The lowest BCUT2D eigenvalue weighted by Crippen LogP contribution is -2.24. The van der Waals surface area contributed by atoms with Crippen LogP contribution in [0.1, 0.15) is 11.3 Å². The van der Waals surface area contributed by atoms with E-state index in [-0.39, 0.29) is 6.54 Å². The molecule has 0 fully saturated rings. The molecule has 0 saturated carbocycles. The van der Waals surface area contributed by atoms with E-state index in [1.54, 1.807) is 18.2 Å². The van der Waals surface area contributed by atoms with Gasteiger partial charge in [-0.3, -0.25) is 4.90 Å². The van der Waals surface area contributed by atoms with Crippen LogP contribution in [0.25, 0.3) is 0 Å². The molecule has 0 amide bonds. The van der Waals surface area contributed by atoms with Crippen LogP contribution in [0.2, 0.25) is 0 Å². The van der Waals surface area contributed by atoms with Gasteiger partial charge in [0.05, 0.1) is 19.4 Å². The molecule has 0 aliphatic heterocycles. The summed E-state index contributed by atoms with van der Waals surface area (Å²) < 4.78 is 29.4. The van der Waals surface area contributed by atoms with Gasteiger partial charge in [-0.05, 0) is 20.2 Å². The summed E-state index contributed by atoms with van der Waals surface area (Å²) in [5.41, 5.74) is 1.01. The van der Waals surface area contributed by atoms with Gasteiger partial charge >= 0.3 is 0 Å². The van der Waals surface area contributed by atoms with Crippen LogP contribution in [-0.2, 0) is 13.1 Å². The van der Waals surface area contributed by atoms with E-state index in [2.05, 4.69) is 5.32 Å². The number of halogens is 2. The molecule has 0 radical (unpaired) electrons. The summed E-state index contributed by atoms with van der Waals surface area (Å²) in [6.07, 6.45) is -0.726. The third-order valence-electron chi connectivity index (χ3n) is 2.07. The highest BCUT2D eigenvalue weighted by molar-refractivity contribution is 5.16. The van der Waals surface area contributed by atoms with E-state index < -0.39 is 6.43 Å². The standard InChI is InChI=1S/C10H16F2N2O/c1-13-5-8-3-4-15-9(8)6-14(2)7-10(11)12/h3-4,10,13H,5-7H2,1-2H3. The zero-order chi connectivity index (χ0) is 11.3. The number of nitrogens with one attached hydrogen (secondary N) is 1. The molecule has 1 aromatic rings. The molecule has 1 aromatic heterocycles. The normalized spacial score (nSPS) is 11.6. The van der Waals surface area contributed by atoms with Crippen molar-refractivity contribution in [3.05, 3.63) is 23.7 Å². The molecule has 1 rings (SSSR count). The predicted octanol–water partition coefficient (Wildman–Crippen LogP) is 1.70. The maximum absolute atomic E-state index is 12.1. The molecule has 0 atom stereocenters. The van der Waals surface area contributed by atoms with Gasteiger partial charge in [0.15, 0.2) is 0 Å². The first-order valence-electron chi connectivity index (χ1n) is 4.80. The fraction of sp³-hybridized carbons (Fsp3) is 0.600. The van der Waals surface area contributed by atoms with E-state index in [9.17, 15) is 8.78 Å². The Bertz CT molecular complexity index is 289. The van der Waals surface area contributed by atoms with Crippen molar-refractivity contribution in [1.29, 1.82) is 0 Å². The molecule has 0 unspecified atom stereocenters. The van der Waals surface area contributed by atoms with Gasteiger partial charge in [-0.1, -0.05) is 0 Å². The van der Waals surface area contributed by atoms with Crippen LogP contribution in [0.5, 0.6) is 0 Å². The van der Waals surface area contributed by atoms with Crippen LogP contribution in [0.4, 0.5) is 8.78 Å². The summed E-state index contributed by atoms with van der Waals surface area (Å²) in [6.45, 7) is 0.863. The van der Waals surface area contributed by atoms with Crippen molar-refractivity contribution < 1.29 is 13.2 Å². The zero-order valence-electron chi connectivity index (χ0n) is 8.96. The Hall–Kier alpha value is -0.940. The maximum atomic E-state index is 12.1. The second kappa shape index (κ2) is 5.82. The lowest BCUT2D eigenvalue weighted by atomic mass is 10.2. The van der Waals surface area contributed by atoms with Gasteiger partial charge in [0.1, 0.15) is 5.76 Å². The number of alkyl halides is 2. The number of nitrogens with zero attached hydrogens (tertiary/aromatic N) is 1. The first-order valence-corrected chi connectivity index (χ1v) is 4.80. The molecule has 5 heteroatoms. The van der Waals surface area contributed by atoms with Crippen molar-refractivity contribution >= 4 is 0 Å². The molecule has 86 valence electrons. The number of hydrogen-bond acceptors (Lipinski definition) is 3. The fourth-order valence-electron chi connectivity index (χ4n) is 1.40.